The summed E-state index contributed by atoms with van der Waals surface area (Å²) < 4.78 is 13.9. The maximum atomic E-state index is 13.8. The Balaban J connectivity index is 1.76. The van der Waals surface area contributed by atoms with Crippen molar-refractivity contribution in [3.05, 3.63) is 69.9 Å². The van der Waals surface area contributed by atoms with Crippen LogP contribution in [0.2, 0.25) is 0 Å². The minimum absolute atomic E-state index is 0.0605. The number of nitrogens with zero attached hydrogens (tertiary/aromatic N) is 1. The molecule has 0 spiro atoms. The number of hydrogen-bond donors (Lipinski definition) is 3. The number of benzene rings is 2. The predicted molar refractivity (Wildman–Crippen MR) is 115 cm³/mol. The Morgan fingerprint density at radius 2 is 1.71 bits per heavy atom. The largest absolute Gasteiger partial charge is 0.478 e. The Labute approximate surface area is 184 Å². The summed E-state index contributed by atoms with van der Waals surface area (Å²) in [5, 5.41) is 20.6. The molecule has 3 rings (SSSR count). The molecule has 0 atom stereocenters. The van der Waals surface area contributed by atoms with Crippen LogP contribution in [0.4, 0.5) is 10.1 Å². The van der Waals surface area contributed by atoms with Crippen molar-refractivity contribution in [1.82, 2.24) is 4.90 Å². The average Bonchev–Trinajstić information content (AvgIpc) is 2.96. The molecule has 3 N–H and O–H groups in total. The van der Waals surface area contributed by atoms with Gasteiger partial charge < -0.3 is 15.5 Å². The topological polar surface area (TPSA) is 124 Å². The number of thioether (sulfide) groups is 1. The number of carbonyl (C=O) groups excluding carboxylic acids is 2. The lowest BCUT2D eigenvalue weighted by Crippen LogP contribution is -2.36. The monoisotopic (exact) mass is 460 g/mol. The lowest BCUT2D eigenvalue weighted by molar-refractivity contribution is -0.126. The van der Waals surface area contributed by atoms with E-state index in [9.17, 15) is 23.6 Å². The van der Waals surface area contributed by atoms with Crippen LogP contribution >= 0.6 is 24.0 Å². The molecular weight excluding hydrogens is 447 g/mol. The molecule has 11 heteroatoms. The van der Waals surface area contributed by atoms with Gasteiger partial charge in [-0.15, -0.1) is 0 Å². The van der Waals surface area contributed by atoms with Gasteiger partial charge in [-0.25, -0.2) is 14.0 Å². The van der Waals surface area contributed by atoms with Crippen LogP contribution in [0.25, 0.3) is 6.08 Å². The van der Waals surface area contributed by atoms with Crippen molar-refractivity contribution in [2.24, 2.45) is 0 Å². The number of nitrogens with one attached hydrogen (secondary N) is 1. The maximum absolute atomic E-state index is 13.8. The molecule has 0 aromatic heterocycles. The van der Waals surface area contributed by atoms with Crippen molar-refractivity contribution in [2.45, 2.75) is 0 Å². The highest BCUT2D eigenvalue weighted by Gasteiger charge is 2.33. The lowest BCUT2D eigenvalue weighted by atomic mass is 10.1. The minimum Gasteiger partial charge on any atom is -0.478 e. The zero-order chi connectivity index (χ0) is 22.7. The van der Waals surface area contributed by atoms with Gasteiger partial charge in [0.25, 0.3) is 5.91 Å². The second-order valence-corrected chi connectivity index (χ2v) is 7.92. The molecule has 1 aliphatic rings. The maximum Gasteiger partial charge on any atom is 0.335 e. The summed E-state index contributed by atoms with van der Waals surface area (Å²) in [6.45, 7) is -0.487. The van der Waals surface area contributed by atoms with Gasteiger partial charge in [-0.2, -0.15) is 0 Å². The fourth-order valence-corrected chi connectivity index (χ4v) is 3.91. The number of amides is 2. The Morgan fingerprint density at radius 1 is 1.10 bits per heavy atom. The first-order valence-electron chi connectivity index (χ1n) is 8.57. The van der Waals surface area contributed by atoms with Crippen LogP contribution < -0.4 is 5.32 Å². The number of carboxylic acid groups (broad SMARTS) is 2. The van der Waals surface area contributed by atoms with E-state index in [4.69, 9.17) is 22.4 Å². The Hall–Kier alpha value is -3.57. The number of halogens is 1. The van der Waals surface area contributed by atoms with E-state index in [1.807, 2.05) is 0 Å². The summed E-state index contributed by atoms with van der Waals surface area (Å²) in [6.07, 6.45) is 1.34. The fourth-order valence-electron chi connectivity index (χ4n) is 2.66. The summed E-state index contributed by atoms with van der Waals surface area (Å²) in [5.41, 5.74) is -0.518. The van der Waals surface area contributed by atoms with Gasteiger partial charge in [-0.1, -0.05) is 42.2 Å². The molecule has 2 amide bonds. The van der Waals surface area contributed by atoms with Crippen LogP contribution in [-0.4, -0.2) is 49.7 Å². The summed E-state index contributed by atoms with van der Waals surface area (Å²) in [4.78, 5) is 48.5. The summed E-state index contributed by atoms with van der Waals surface area (Å²) >= 11 is 6.05. The smallest absolute Gasteiger partial charge is 0.335 e. The summed E-state index contributed by atoms with van der Waals surface area (Å²) in [5.74, 6) is -4.55. The van der Waals surface area contributed by atoms with E-state index < -0.39 is 36.1 Å². The van der Waals surface area contributed by atoms with E-state index in [0.29, 0.717) is 0 Å². The molecule has 0 unspecified atom stereocenters. The number of rotatable bonds is 6. The second kappa shape index (κ2) is 9.06. The first-order chi connectivity index (χ1) is 14.7. The van der Waals surface area contributed by atoms with E-state index in [1.54, 1.807) is 6.07 Å². The van der Waals surface area contributed by atoms with Crippen molar-refractivity contribution >= 4 is 63.8 Å². The zero-order valence-corrected chi connectivity index (χ0v) is 17.1. The molecule has 0 bridgehead atoms. The van der Waals surface area contributed by atoms with Gasteiger partial charge in [0, 0.05) is 11.3 Å². The molecule has 0 aliphatic carbocycles. The van der Waals surface area contributed by atoms with Gasteiger partial charge in [-0.3, -0.25) is 14.5 Å². The van der Waals surface area contributed by atoms with Crippen molar-refractivity contribution in [1.29, 1.82) is 0 Å². The molecule has 1 aliphatic heterocycles. The highest BCUT2D eigenvalue weighted by molar-refractivity contribution is 8.26. The first kappa shape index (κ1) is 22.1. The summed E-state index contributed by atoms with van der Waals surface area (Å²) in [7, 11) is 0. The third-order valence-corrected chi connectivity index (χ3v) is 5.46. The molecule has 158 valence electrons. The Bertz CT molecular complexity index is 1130. The molecule has 2 aromatic rings. The van der Waals surface area contributed by atoms with Crippen molar-refractivity contribution < 1.29 is 33.8 Å². The molecule has 0 radical (unpaired) electrons. The van der Waals surface area contributed by atoms with Crippen molar-refractivity contribution in [2.75, 3.05) is 11.9 Å². The Kier molecular flexibility index (Phi) is 6.47. The van der Waals surface area contributed by atoms with E-state index in [-0.39, 0.29) is 31.6 Å². The van der Waals surface area contributed by atoms with E-state index in [2.05, 4.69) is 5.32 Å². The van der Waals surface area contributed by atoms with Crippen molar-refractivity contribution in [3.63, 3.8) is 0 Å². The fraction of sp³-hybridized carbons (Fsp3) is 0.0500. The predicted octanol–water partition coefficient (Wildman–Crippen LogP) is 3.06. The molecule has 2 aromatic carbocycles. The van der Waals surface area contributed by atoms with E-state index >= 15 is 0 Å². The number of aromatic carboxylic acids is 2. The van der Waals surface area contributed by atoms with E-state index in [1.165, 1.54) is 24.3 Å². The van der Waals surface area contributed by atoms with Crippen LogP contribution in [0, 0.1) is 5.82 Å². The van der Waals surface area contributed by atoms with Crippen molar-refractivity contribution in [3.8, 4) is 0 Å². The number of hydrogen-bond acceptors (Lipinski definition) is 6. The highest BCUT2D eigenvalue weighted by atomic mass is 32.2. The third kappa shape index (κ3) is 5.13. The molecule has 1 heterocycles. The Morgan fingerprint density at radius 3 is 2.29 bits per heavy atom. The SMILES string of the molecule is O=C(CN1C(=O)/C(=C/c2ccccc2F)SC1=S)Nc1cc(C(=O)O)cc(C(=O)O)c1. The summed E-state index contributed by atoms with van der Waals surface area (Å²) in [6, 6.07) is 9.00. The van der Waals surface area contributed by atoms with Crippen LogP contribution in [0.5, 0.6) is 0 Å². The number of carboxylic acids is 2. The van der Waals surface area contributed by atoms with E-state index in [0.717, 1.165) is 34.9 Å². The number of carbonyl (C=O) groups is 4. The third-order valence-electron chi connectivity index (χ3n) is 4.08. The van der Waals surface area contributed by atoms with Gasteiger partial charge >= 0.3 is 11.9 Å². The van der Waals surface area contributed by atoms with Gasteiger partial charge in [-0.05, 0) is 30.3 Å². The lowest BCUT2D eigenvalue weighted by Gasteiger charge is -2.14. The van der Waals surface area contributed by atoms with Gasteiger partial charge in [0.15, 0.2) is 0 Å². The molecular formula is C20H13FN2O6S2. The normalized spacial score (nSPS) is 14.7. The average molecular weight is 460 g/mol. The molecule has 8 nitrogen and oxygen atoms in total. The van der Waals surface area contributed by atoms with Crippen LogP contribution in [0.15, 0.2) is 47.4 Å². The molecule has 1 fully saturated rings. The highest BCUT2D eigenvalue weighted by Crippen LogP contribution is 2.32. The van der Waals surface area contributed by atoms with Gasteiger partial charge in [0.2, 0.25) is 5.91 Å². The first-order valence-corrected chi connectivity index (χ1v) is 9.79. The van der Waals surface area contributed by atoms with Crippen LogP contribution in [0.1, 0.15) is 26.3 Å². The number of thiocarbonyl (C=S) groups is 1. The minimum atomic E-state index is -1.37. The van der Waals surface area contributed by atoms with Gasteiger partial charge in [0.05, 0.1) is 16.0 Å². The van der Waals surface area contributed by atoms with Gasteiger partial charge in [0.1, 0.15) is 16.7 Å². The van der Waals surface area contributed by atoms with Crippen LogP contribution in [-0.2, 0) is 9.59 Å². The second-order valence-electron chi connectivity index (χ2n) is 6.25. The van der Waals surface area contributed by atoms with Crippen LogP contribution in [0.3, 0.4) is 0 Å². The molecule has 0 saturated carbocycles. The zero-order valence-electron chi connectivity index (χ0n) is 15.5. The molecule has 1 saturated heterocycles. The molecule has 31 heavy (non-hydrogen) atoms. The number of anilines is 1. The standard InChI is InChI=1S/C20H13FN2O6S2/c21-14-4-2-1-3-10(14)8-15-17(25)23(20(30)31-15)9-16(24)22-13-6-11(18(26)27)5-12(7-13)19(28)29/h1-8H,9H2,(H,22,24)(H,26,27)(H,28,29)/b15-8-. The quantitative estimate of drug-likeness (QED) is 0.444.